The first-order chi connectivity index (χ1) is 13.0. The lowest BCUT2D eigenvalue weighted by Gasteiger charge is -2.18. The molecule has 0 bridgehead atoms. The molecule has 1 fully saturated rings. The number of aliphatic carboxylic acids is 1. The Hall–Kier alpha value is -1.60. The maximum Gasteiger partial charge on any atom is 0.321 e. The fourth-order valence-electron chi connectivity index (χ4n) is 2.68. The van der Waals surface area contributed by atoms with Gasteiger partial charge >= 0.3 is 5.97 Å². The molecule has 27 heavy (non-hydrogen) atoms. The molecule has 0 amide bonds. The third-order valence-electron chi connectivity index (χ3n) is 4.01. The number of benzene rings is 2. The van der Waals surface area contributed by atoms with Crippen molar-refractivity contribution in [1.82, 2.24) is 5.32 Å². The monoisotopic (exact) mass is 427 g/mol. The van der Waals surface area contributed by atoms with Crippen LogP contribution in [0.5, 0.6) is 11.5 Å². The fourth-order valence-corrected chi connectivity index (χ4v) is 4.30. The normalized spacial score (nSPS) is 19.1. The van der Waals surface area contributed by atoms with Gasteiger partial charge in [-0.2, -0.15) is 0 Å². The van der Waals surface area contributed by atoms with Crippen molar-refractivity contribution < 1.29 is 19.4 Å². The number of nitrogens with one attached hydrogen (secondary N) is 1. The smallest absolute Gasteiger partial charge is 0.321 e. The molecule has 1 aliphatic rings. The van der Waals surface area contributed by atoms with Crippen LogP contribution in [-0.4, -0.2) is 29.5 Å². The van der Waals surface area contributed by atoms with Gasteiger partial charge in [-0.15, -0.1) is 11.8 Å². The Morgan fingerprint density at radius 3 is 2.63 bits per heavy atom. The highest BCUT2D eigenvalue weighted by molar-refractivity contribution is 7.99. The number of carboxylic acid groups (broad SMARTS) is 1. The van der Waals surface area contributed by atoms with Crippen LogP contribution in [0.2, 0.25) is 10.0 Å². The van der Waals surface area contributed by atoms with Crippen molar-refractivity contribution in [1.29, 1.82) is 0 Å². The molecule has 0 saturated carbocycles. The lowest BCUT2D eigenvalue weighted by Crippen LogP contribution is -2.33. The molecule has 1 heterocycles. The second-order valence-electron chi connectivity index (χ2n) is 5.95. The molecule has 2 aromatic rings. The minimum Gasteiger partial charge on any atom is -0.490 e. The number of halogens is 2. The number of ether oxygens (including phenoxy) is 2. The Balaban J connectivity index is 1.79. The van der Waals surface area contributed by atoms with Crippen molar-refractivity contribution in [3.8, 4) is 11.5 Å². The van der Waals surface area contributed by atoms with Gasteiger partial charge in [-0.3, -0.25) is 10.1 Å². The van der Waals surface area contributed by atoms with E-state index in [4.69, 9.17) is 37.8 Å². The van der Waals surface area contributed by atoms with E-state index >= 15 is 0 Å². The van der Waals surface area contributed by atoms with E-state index in [0.717, 1.165) is 11.1 Å². The van der Waals surface area contributed by atoms with E-state index < -0.39 is 12.0 Å². The van der Waals surface area contributed by atoms with E-state index in [0.29, 0.717) is 40.5 Å². The van der Waals surface area contributed by atoms with E-state index in [2.05, 4.69) is 5.32 Å². The molecule has 8 heteroatoms. The van der Waals surface area contributed by atoms with Gasteiger partial charge in [-0.05, 0) is 42.3 Å². The van der Waals surface area contributed by atoms with E-state index in [-0.39, 0.29) is 5.37 Å². The lowest BCUT2D eigenvalue weighted by molar-refractivity contribution is -0.138. The van der Waals surface area contributed by atoms with Crippen LogP contribution in [0.3, 0.4) is 0 Å². The van der Waals surface area contributed by atoms with Crippen molar-refractivity contribution in [2.45, 2.75) is 24.9 Å². The number of carbonyl (C=O) groups is 1. The minimum absolute atomic E-state index is 0.159. The van der Waals surface area contributed by atoms with Crippen LogP contribution in [0.15, 0.2) is 36.4 Å². The molecule has 1 saturated heterocycles. The van der Waals surface area contributed by atoms with Crippen molar-refractivity contribution in [2.24, 2.45) is 0 Å². The molecule has 2 atom stereocenters. The number of hydrogen-bond acceptors (Lipinski definition) is 5. The average molecular weight is 428 g/mol. The first-order valence-corrected chi connectivity index (χ1v) is 10.2. The molecule has 3 rings (SSSR count). The molecule has 0 radical (unpaired) electrons. The summed E-state index contributed by atoms with van der Waals surface area (Å²) in [7, 11) is 0. The summed E-state index contributed by atoms with van der Waals surface area (Å²) >= 11 is 13.9. The van der Waals surface area contributed by atoms with Gasteiger partial charge in [0.15, 0.2) is 11.5 Å². The molecule has 0 aliphatic carbocycles. The third-order valence-corrected chi connectivity index (χ3v) is 5.81. The SMILES string of the molecule is CCOc1cc([C@H]2N[C@@H](C(=O)O)CS2)cc(Cl)c1OCc1ccc(Cl)cc1. The average Bonchev–Trinajstić information content (AvgIpc) is 3.13. The van der Waals surface area contributed by atoms with Gasteiger partial charge in [-0.25, -0.2) is 0 Å². The van der Waals surface area contributed by atoms with Gasteiger partial charge in [0, 0.05) is 10.8 Å². The summed E-state index contributed by atoms with van der Waals surface area (Å²) < 4.78 is 11.6. The Morgan fingerprint density at radius 2 is 2.00 bits per heavy atom. The van der Waals surface area contributed by atoms with Gasteiger partial charge in [0.1, 0.15) is 12.6 Å². The lowest BCUT2D eigenvalue weighted by atomic mass is 10.1. The summed E-state index contributed by atoms with van der Waals surface area (Å²) in [6.45, 7) is 2.67. The number of thioether (sulfide) groups is 1. The topological polar surface area (TPSA) is 67.8 Å². The van der Waals surface area contributed by atoms with E-state index in [1.165, 1.54) is 11.8 Å². The van der Waals surface area contributed by atoms with Gasteiger partial charge in [0.25, 0.3) is 0 Å². The highest BCUT2D eigenvalue weighted by atomic mass is 35.5. The quantitative estimate of drug-likeness (QED) is 0.663. The Bertz CT molecular complexity index is 816. The maximum atomic E-state index is 11.2. The van der Waals surface area contributed by atoms with Crippen LogP contribution < -0.4 is 14.8 Å². The second-order valence-corrected chi connectivity index (χ2v) is 7.93. The standard InChI is InChI=1S/C19H19Cl2NO4S/c1-2-25-16-8-12(18-22-15(10-27-18)19(23)24)7-14(21)17(16)26-9-11-3-5-13(20)6-4-11/h3-8,15,18,22H,2,9-10H2,1H3,(H,23,24)/t15-,18+/m1/s1. The maximum absolute atomic E-state index is 11.2. The largest absolute Gasteiger partial charge is 0.490 e. The van der Waals surface area contributed by atoms with E-state index in [1.54, 1.807) is 18.2 Å². The van der Waals surface area contributed by atoms with Gasteiger partial charge < -0.3 is 14.6 Å². The number of carboxylic acids is 1. The molecular weight excluding hydrogens is 409 g/mol. The summed E-state index contributed by atoms with van der Waals surface area (Å²) in [5, 5.41) is 13.2. The molecule has 0 spiro atoms. The molecular formula is C19H19Cl2NO4S. The predicted molar refractivity (Wildman–Crippen MR) is 108 cm³/mol. The van der Waals surface area contributed by atoms with Crippen LogP contribution in [0.25, 0.3) is 0 Å². The summed E-state index contributed by atoms with van der Waals surface area (Å²) in [6, 6.07) is 10.4. The molecule has 0 unspecified atom stereocenters. The minimum atomic E-state index is -0.857. The van der Waals surface area contributed by atoms with Crippen LogP contribution in [0, 0.1) is 0 Å². The first-order valence-electron chi connectivity index (χ1n) is 8.42. The molecule has 2 N–H and O–H groups in total. The van der Waals surface area contributed by atoms with Crippen molar-refractivity contribution >= 4 is 40.9 Å². The zero-order valence-corrected chi connectivity index (χ0v) is 16.9. The fraction of sp³-hybridized carbons (Fsp3) is 0.316. The first kappa shape index (κ1) is 20.1. The van der Waals surface area contributed by atoms with Gasteiger partial charge in [-0.1, -0.05) is 35.3 Å². The molecule has 144 valence electrons. The molecule has 2 aromatic carbocycles. The zero-order valence-electron chi connectivity index (χ0n) is 14.6. The summed E-state index contributed by atoms with van der Waals surface area (Å²) in [5.74, 6) is 0.644. The Morgan fingerprint density at radius 1 is 1.26 bits per heavy atom. The van der Waals surface area contributed by atoms with Gasteiger partial charge in [0.05, 0.1) is 17.0 Å². The van der Waals surface area contributed by atoms with Gasteiger partial charge in [0.2, 0.25) is 0 Å². The Kier molecular flexibility index (Phi) is 6.76. The van der Waals surface area contributed by atoms with Crippen LogP contribution in [0.1, 0.15) is 23.4 Å². The molecule has 0 aromatic heterocycles. The van der Waals surface area contributed by atoms with Crippen molar-refractivity contribution in [2.75, 3.05) is 12.4 Å². The van der Waals surface area contributed by atoms with Crippen molar-refractivity contribution in [3.05, 3.63) is 57.6 Å². The van der Waals surface area contributed by atoms with E-state index in [9.17, 15) is 4.79 Å². The third kappa shape index (κ3) is 5.02. The highest BCUT2D eigenvalue weighted by Crippen LogP contribution is 2.42. The molecule has 5 nitrogen and oxygen atoms in total. The molecule has 1 aliphatic heterocycles. The summed E-state index contributed by atoms with van der Waals surface area (Å²) in [5.41, 5.74) is 1.82. The van der Waals surface area contributed by atoms with E-state index in [1.807, 2.05) is 25.1 Å². The van der Waals surface area contributed by atoms with Crippen LogP contribution in [-0.2, 0) is 11.4 Å². The Labute approximate surface area is 171 Å². The predicted octanol–water partition coefficient (Wildman–Crippen LogP) is 4.76. The number of hydrogen-bond donors (Lipinski definition) is 2. The van der Waals surface area contributed by atoms with Crippen molar-refractivity contribution in [3.63, 3.8) is 0 Å². The van der Waals surface area contributed by atoms with Crippen LogP contribution >= 0.6 is 35.0 Å². The highest BCUT2D eigenvalue weighted by Gasteiger charge is 2.31. The second kappa shape index (κ2) is 9.06. The number of rotatable bonds is 7. The zero-order chi connectivity index (χ0) is 19.4. The summed E-state index contributed by atoms with van der Waals surface area (Å²) in [4.78, 5) is 11.2. The summed E-state index contributed by atoms with van der Waals surface area (Å²) in [6.07, 6.45) is 0. The van der Waals surface area contributed by atoms with Crippen LogP contribution in [0.4, 0.5) is 0 Å².